The third-order valence-corrected chi connectivity index (χ3v) is 3.94. The van der Waals surface area contributed by atoms with Crippen LogP contribution < -0.4 is 10.6 Å². The molecule has 0 spiro atoms. The van der Waals surface area contributed by atoms with E-state index >= 15 is 0 Å². The van der Waals surface area contributed by atoms with Gasteiger partial charge in [-0.15, -0.1) is 0 Å². The summed E-state index contributed by atoms with van der Waals surface area (Å²) >= 11 is 0. The Kier molecular flexibility index (Phi) is 4.90. The fraction of sp³-hybridized carbons (Fsp3) is 0.571. The number of hydrogen-bond donors (Lipinski definition) is 2. The van der Waals surface area contributed by atoms with Gasteiger partial charge in [-0.3, -0.25) is 10.1 Å². The molecule has 1 aliphatic rings. The predicted octanol–water partition coefficient (Wildman–Crippen LogP) is 3.41. The van der Waals surface area contributed by atoms with E-state index in [0.29, 0.717) is 5.92 Å². The average Bonchev–Trinajstić information content (AvgIpc) is 2.47. The quantitative estimate of drug-likeness (QED) is 0.659. The van der Waals surface area contributed by atoms with E-state index in [4.69, 9.17) is 0 Å². The number of alkyl halides is 3. The van der Waals surface area contributed by atoms with Gasteiger partial charge in [0, 0.05) is 17.8 Å². The zero-order valence-corrected chi connectivity index (χ0v) is 12.1. The molecule has 22 heavy (non-hydrogen) atoms. The topological polar surface area (TPSA) is 67.2 Å². The first-order valence-corrected chi connectivity index (χ1v) is 7.12. The molecule has 1 aromatic rings. The van der Waals surface area contributed by atoms with Crippen LogP contribution in [0.3, 0.4) is 0 Å². The van der Waals surface area contributed by atoms with E-state index in [-0.39, 0.29) is 11.7 Å². The van der Waals surface area contributed by atoms with Gasteiger partial charge in [-0.05, 0) is 50.9 Å². The molecule has 0 aliphatic carbocycles. The summed E-state index contributed by atoms with van der Waals surface area (Å²) in [6, 6.07) is 3.01. The highest BCUT2D eigenvalue weighted by Gasteiger charge is 2.38. The molecule has 1 aromatic carbocycles. The molecule has 5 nitrogen and oxygen atoms in total. The van der Waals surface area contributed by atoms with Gasteiger partial charge >= 0.3 is 6.18 Å². The second-order valence-corrected chi connectivity index (χ2v) is 5.53. The van der Waals surface area contributed by atoms with Crippen LogP contribution in [0, 0.1) is 16.0 Å². The smallest absolute Gasteiger partial charge is 0.382 e. The first-order chi connectivity index (χ1) is 10.3. The van der Waals surface area contributed by atoms with E-state index in [0.717, 1.165) is 38.1 Å². The van der Waals surface area contributed by atoms with Crippen LogP contribution in [0.5, 0.6) is 0 Å². The molecule has 0 aromatic heterocycles. The molecule has 1 heterocycles. The highest BCUT2D eigenvalue weighted by Crippen LogP contribution is 2.37. The summed E-state index contributed by atoms with van der Waals surface area (Å²) < 4.78 is 38.8. The molecular weight excluding hydrogens is 299 g/mol. The van der Waals surface area contributed by atoms with E-state index in [9.17, 15) is 23.3 Å². The largest absolute Gasteiger partial charge is 0.423 e. The zero-order valence-electron chi connectivity index (χ0n) is 12.1. The van der Waals surface area contributed by atoms with Gasteiger partial charge in [-0.25, -0.2) is 0 Å². The second kappa shape index (κ2) is 6.51. The Bertz CT molecular complexity index is 543. The van der Waals surface area contributed by atoms with Crippen LogP contribution in [0.2, 0.25) is 0 Å². The van der Waals surface area contributed by atoms with Gasteiger partial charge in [0.1, 0.15) is 5.56 Å². The molecule has 1 aliphatic heterocycles. The molecule has 1 saturated heterocycles. The minimum absolute atomic E-state index is 0.0182. The van der Waals surface area contributed by atoms with Crippen molar-refractivity contribution in [2.75, 3.05) is 18.4 Å². The monoisotopic (exact) mass is 317 g/mol. The Morgan fingerprint density at radius 3 is 2.73 bits per heavy atom. The fourth-order valence-corrected chi connectivity index (χ4v) is 2.70. The fourth-order valence-electron chi connectivity index (χ4n) is 2.70. The number of piperidine rings is 1. The first-order valence-electron chi connectivity index (χ1n) is 7.12. The van der Waals surface area contributed by atoms with E-state index in [1.165, 1.54) is 6.07 Å². The van der Waals surface area contributed by atoms with Gasteiger partial charge in [0.05, 0.1) is 4.92 Å². The van der Waals surface area contributed by atoms with Crippen molar-refractivity contribution in [3.8, 4) is 0 Å². The maximum absolute atomic E-state index is 12.9. The summed E-state index contributed by atoms with van der Waals surface area (Å²) in [6.07, 6.45) is -2.72. The van der Waals surface area contributed by atoms with Gasteiger partial charge < -0.3 is 10.6 Å². The van der Waals surface area contributed by atoms with Gasteiger partial charge in [-0.2, -0.15) is 13.2 Å². The van der Waals surface area contributed by atoms with Crippen LogP contribution in [0.15, 0.2) is 18.2 Å². The van der Waals surface area contributed by atoms with Gasteiger partial charge in [0.25, 0.3) is 5.69 Å². The van der Waals surface area contributed by atoms with E-state index in [1.807, 2.05) is 6.92 Å². The van der Waals surface area contributed by atoms with Gasteiger partial charge in [0.2, 0.25) is 0 Å². The molecule has 0 bridgehead atoms. The molecule has 2 atom stereocenters. The second-order valence-electron chi connectivity index (χ2n) is 5.53. The third-order valence-electron chi connectivity index (χ3n) is 3.94. The Labute approximate surface area is 126 Å². The van der Waals surface area contributed by atoms with Crippen molar-refractivity contribution < 1.29 is 18.1 Å². The number of rotatable bonds is 4. The van der Waals surface area contributed by atoms with E-state index in [2.05, 4.69) is 10.6 Å². The normalized spacial score (nSPS) is 20.5. The van der Waals surface area contributed by atoms with Crippen LogP contribution in [-0.2, 0) is 6.18 Å². The summed E-state index contributed by atoms with van der Waals surface area (Å²) in [5.41, 5.74) is -1.91. The maximum atomic E-state index is 12.9. The van der Waals surface area contributed by atoms with Gasteiger partial charge in [-0.1, -0.05) is 0 Å². The lowest BCUT2D eigenvalue weighted by molar-refractivity contribution is -0.388. The van der Waals surface area contributed by atoms with Crippen molar-refractivity contribution in [1.29, 1.82) is 0 Å². The van der Waals surface area contributed by atoms with Crippen molar-refractivity contribution in [2.24, 2.45) is 5.92 Å². The number of nitrogens with one attached hydrogen (secondary N) is 2. The summed E-state index contributed by atoms with van der Waals surface area (Å²) in [7, 11) is 0. The molecule has 0 amide bonds. The Morgan fingerprint density at radius 1 is 1.45 bits per heavy atom. The lowest BCUT2D eigenvalue weighted by Gasteiger charge is -2.29. The number of anilines is 1. The summed E-state index contributed by atoms with van der Waals surface area (Å²) in [5.74, 6) is 0.318. The number of nitro benzene ring substituents is 1. The van der Waals surface area contributed by atoms with Crippen molar-refractivity contribution in [3.63, 3.8) is 0 Å². The molecule has 2 N–H and O–H groups in total. The first kappa shape index (κ1) is 16.5. The molecule has 8 heteroatoms. The summed E-state index contributed by atoms with van der Waals surface area (Å²) in [6.45, 7) is 3.68. The Morgan fingerprint density at radius 2 is 2.18 bits per heavy atom. The zero-order chi connectivity index (χ0) is 16.3. The minimum Gasteiger partial charge on any atom is -0.382 e. The standard InChI is InChI=1S/C14H18F3N3O2/c1-9(10-3-2-6-18-8-10)19-11-4-5-13(20(21)22)12(7-11)14(15,16)17/h4-5,7,9-10,18-19H,2-3,6,8H2,1H3. The summed E-state index contributed by atoms with van der Waals surface area (Å²) in [5, 5.41) is 17.0. The molecule has 122 valence electrons. The average molecular weight is 317 g/mol. The van der Waals surface area contributed by atoms with Crippen LogP contribution in [-0.4, -0.2) is 24.1 Å². The number of hydrogen-bond acceptors (Lipinski definition) is 4. The van der Waals surface area contributed by atoms with Crippen molar-refractivity contribution >= 4 is 11.4 Å². The molecule has 0 saturated carbocycles. The van der Waals surface area contributed by atoms with Crippen molar-refractivity contribution in [1.82, 2.24) is 5.32 Å². The number of nitro groups is 1. The van der Waals surface area contributed by atoms with E-state index in [1.54, 1.807) is 0 Å². The highest BCUT2D eigenvalue weighted by atomic mass is 19.4. The molecular formula is C14H18F3N3O2. The van der Waals surface area contributed by atoms with Crippen molar-refractivity contribution in [3.05, 3.63) is 33.9 Å². The molecule has 0 radical (unpaired) electrons. The van der Waals surface area contributed by atoms with Crippen LogP contribution in [0.1, 0.15) is 25.3 Å². The minimum atomic E-state index is -4.75. The van der Waals surface area contributed by atoms with Crippen molar-refractivity contribution in [2.45, 2.75) is 32.0 Å². The number of nitrogens with zero attached hydrogens (tertiary/aromatic N) is 1. The Hall–Kier alpha value is -1.83. The SMILES string of the molecule is CC(Nc1ccc([N+](=O)[O-])c(C(F)(F)F)c1)C1CCCNC1. The summed E-state index contributed by atoms with van der Waals surface area (Å²) in [4.78, 5) is 9.71. The maximum Gasteiger partial charge on any atom is 0.423 e. The van der Waals surface area contributed by atoms with E-state index < -0.39 is 22.4 Å². The number of benzene rings is 1. The lowest BCUT2D eigenvalue weighted by Crippen LogP contribution is -2.38. The molecule has 1 fully saturated rings. The van der Waals surface area contributed by atoms with Gasteiger partial charge in [0.15, 0.2) is 0 Å². The van der Waals surface area contributed by atoms with Crippen LogP contribution >= 0.6 is 0 Å². The number of halogens is 3. The lowest BCUT2D eigenvalue weighted by atomic mass is 9.92. The Balaban J connectivity index is 2.19. The van der Waals surface area contributed by atoms with Crippen LogP contribution in [0.25, 0.3) is 0 Å². The predicted molar refractivity (Wildman–Crippen MR) is 76.8 cm³/mol. The highest BCUT2D eigenvalue weighted by molar-refractivity contribution is 5.55. The van der Waals surface area contributed by atoms with Crippen LogP contribution in [0.4, 0.5) is 24.5 Å². The molecule has 2 unspecified atom stereocenters. The third kappa shape index (κ3) is 3.88. The molecule has 2 rings (SSSR count).